The van der Waals surface area contributed by atoms with E-state index in [0.717, 1.165) is 29.1 Å². The minimum absolute atomic E-state index is 0.155. The average molecular weight is 437 g/mol. The Morgan fingerprint density at radius 3 is 2.93 bits per heavy atom. The van der Waals surface area contributed by atoms with Gasteiger partial charge >= 0.3 is 0 Å². The summed E-state index contributed by atoms with van der Waals surface area (Å²) >= 11 is 8.93. The maximum absolute atomic E-state index is 12.3. The Kier molecular flexibility index (Phi) is 7.41. The van der Waals surface area contributed by atoms with Gasteiger partial charge in [0.1, 0.15) is 11.3 Å². The maximum atomic E-state index is 12.3. The van der Waals surface area contributed by atoms with Crippen LogP contribution in [0.4, 0.5) is 5.13 Å². The van der Waals surface area contributed by atoms with Gasteiger partial charge in [-0.1, -0.05) is 60.5 Å². The number of aryl methyl sites for hydroxylation is 2. The SMILES string of the molecule is CCCCCc1nnc(NC(=O)CSc2nncn2-c2ccc(C)c(Cl)c2)s1. The molecule has 0 bridgehead atoms. The molecule has 28 heavy (non-hydrogen) atoms. The number of thioether (sulfide) groups is 1. The van der Waals surface area contributed by atoms with Gasteiger partial charge in [0.15, 0.2) is 5.16 Å². The Morgan fingerprint density at radius 1 is 1.29 bits per heavy atom. The summed E-state index contributed by atoms with van der Waals surface area (Å²) in [7, 11) is 0. The first-order valence-corrected chi connectivity index (χ1v) is 11.2. The number of amides is 1. The lowest BCUT2D eigenvalue weighted by molar-refractivity contribution is -0.113. The molecule has 3 rings (SSSR count). The lowest BCUT2D eigenvalue weighted by Crippen LogP contribution is -2.14. The number of aromatic nitrogens is 5. The lowest BCUT2D eigenvalue weighted by atomic mass is 10.2. The van der Waals surface area contributed by atoms with E-state index in [-0.39, 0.29) is 11.7 Å². The van der Waals surface area contributed by atoms with Gasteiger partial charge in [0.25, 0.3) is 0 Å². The van der Waals surface area contributed by atoms with Gasteiger partial charge in [-0.25, -0.2) is 0 Å². The summed E-state index contributed by atoms with van der Waals surface area (Å²) in [6.07, 6.45) is 5.93. The highest BCUT2D eigenvalue weighted by Gasteiger charge is 2.13. The number of unbranched alkanes of at least 4 members (excludes halogenated alkanes) is 2. The fraction of sp³-hybridized carbons (Fsp3) is 0.389. The number of benzene rings is 1. The molecule has 0 radical (unpaired) electrons. The van der Waals surface area contributed by atoms with E-state index >= 15 is 0 Å². The number of hydrogen-bond acceptors (Lipinski definition) is 7. The number of carbonyl (C=O) groups excluding carboxylic acids is 1. The third-order valence-corrected chi connectivity index (χ3v) is 6.24. The number of nitrogens with one attached hydrogen (secondary N) is 1. The van der Waals surface area contributed by atoms with Gasteiger partial charge in [-0.2, -0.15) is 0 Å². The van der Waals surface area contributed by atoms with Crippen molar-refractivity contribution in [1.82, 2.24) is 25.0 Å². The Balaban J connectivity index is 1.55. The van der Waals surface area contributed by atoms with Crippen molar-refractivity contribution >= 4 is 45.7 Å². The molecule has 0 fully saturated rings. The van der Waals surface area contributed by atoms with Crippen molar-refractivity contribution in [2.75, 3.05) is 11.1 Å². The number of halogens is 1. The molecule has 0 saturated carbocycles. The summed E-state index contributed by atoms with van der Waals surface area (Å²) in [5.41, 5.74) is 1.85. The van der Waals surface area contributed by atoms with Crippen LogP contribution in [0.3, 0.4) is 0 Å². The van der Waals surface area contributed by atoms with Gasteiger partial charge in [-0.05, 0) is 31.0 Å². The van der Waals surface area contributed by atoms with E-state index in [1.165, 1.54) is 35.9 Å². The van der Waals surface area contributed by atoms with Gasteiger partial charge in [0.2, 0.25) is 11.0 Å². The molecule has 1 N–H and O–H groups in total. The largest absolute Gasteiger partial charge is 0.300 e. The average Bonchev–Trinajstić information content (AvgIpc) is 3.32. The zero-order valence-electron chi connectivity index (χ0n) is 15.7. The Bertz CT molecular complexity index is 942. The highest BCUT2D eigenvalue weighted by atomic mass is 35.5. The molecular weight excluding hydrogens is 416 g/mol. The maximum Gasteiger partial charge on any atom is 0.236 e. The minimum atomic E-state index is -0.155. The van der Waals surface area contributed by atoms with Crippen LogP contribution in [0.15, 0.2) is 29.7 Å². The third-order valence-electron chi connectivity index (χ3n) is 3.99. The molecule has 0 spiro atoms. The van der Waals surface area contributed by atoms with E-state index in [9.17, 15) is 4.79 Å². The minimum Gasteiger partial charge on any atom is -0.300 e. The number of hydrogen-bond donors (Lipinski definition) is 1. The second kappa shape index (κ2) is 9.99. The van der Waals surface area contributed by atoms with Crippen LogP contribution in [0.1, 0.15) is 36.8 Å². The first-order chi connectivity index (χ1) is 13.6. The van der Waals surface area contributed by atoms with Crippen LogP contribution in [0.2, 0.25) is 5.02 Å². The molecule has 2 aromatic heterocycles. The fourth-order valence-electron chi connectivity index (χ4n) is 2.45. The van der Waals surface area contributed by atoms with E-state index in [4.69, 9.17) is 11.6 Å². The molecule has 7 nitrogen and oxygen atoms in total. The molecule has 148 valence electrons. The molecule has 2 heterocycles. The van der Waals surface area contributed by atoms with Gasteiger partial charge < -0.3 is 0 Å². The molecule has 0 aliphatic rings. The van der Waals surface area contributed by atoms with Gasteiger partial charge in [-0.3, -0.25) is 14.7 Å². The first-order valence-electron chi connectivity index (χ1n) is 8.98. The molecule has 0 unspecified atom stereocenters. The topological polar surface area (TPSA) is 85.6 Å². The van der Waals surface area contributed by atoms with Crippen molar-refractivity contribution in [3.63, 3.8) is 0 Å². The zero-order chi connectivity index (χ0) is 19.9. The van der Waals surface area contributed by atoms with Crippen LogP contribution >= 0.6 is 34.7 Å². The number of anilines is 1. The number of nitrogens with zero attached hydrogens (tertiary/aromatic N) is 5. The van der Waals surface area contributed by atoms with E-state index in [0.29, 0.717) is 15.3 Å². The van der Waals surface area contributed by atoms with Crippen LogP contribution in [0.25, 0.3) is 5.69 Å². The van der Waals surface area contributed by atoms with E-state index in [2.05, 4.69) is 32.6 Å². The van der Waals surface area contributed by atoms with Crippen LogP contribution in [-0.4, -0.2) is 36.6 Å². The predicted octanol–water partition coefficient (Wildman–Crippen LogP) is 4.54. The molecule has 0 aliphatic heterocycles. The lowest BCUT2D eigenvalue weighted by Gasteiger charge is -2.07. The normalized spacial score (nSPS) is 11.0. The van der Waals surface area contributed by atoms with E-state index < -0.39 is 0 Å². The molecule has 10 heteroatoms. The van der Waals surface area contributed by atoms with Crippen molar-refractivity contribution in [3.05, 3.63) is 40.1 Å². The molecule has 0 atom stereocenters. The Hall–Kier alpha value is -1.97. The van der Waals surface area contributed by atoms with Crippen LogP contribution in [0, 0.1) is 6.92 Å². The van der Waals surface area contributed by atoms with Gasteiger partial charge in [0.05, 0.1) is 11.4 Å². The van der Waals surface area contributed by atoms with Crippen LogP contribution in [0.5, 0.6) is 0 Å². The summed E-state index contributed by atoms with van der Waals surface area (Å²) in [5, 5.41) is 21.8. The molecule has 3 aromatic rings. The third kappa shape index (κ3) is 5.52. The number of rotatable bonds is 9. The summed E-state index contributed by atoms with van der Waals surface area (Å²) in [6.45, 7) is 4.11. The van der Waals surface area contributed by atoms with Crippen molar-refractivity contribution in [1.29, 1.82) is 0 Å². The van der Waals surface area contributed by atoms with Crippen LogP contribution < -0.4 is 5.32 Å². The Labute approximate surface area is 176 Å². The molecule has 1 aromatic carbocycles. The highest BCUT2D eigenvalue weighted by Crippen LogP contribution is 2.24. The zero-order valence-corrected chi connectivity index (χ0v) is 18.1. The fourth-order valence-corrected chi connectivity index (χ4v) is 4.15. The van der Waals surface area contributed by atoms with E-state index in [1.54, 1.807) is 10.9 Å². The van der Waals surface area contributed by atoms with Crippen LogP contribution in [-0.2, 0) is 11.2 Å². The number of carbonyl (C=O) groups is 1. The summed E-state index contributed by atoms with van der Waals surface area (Å²) in [6, 6.07) is 5.73. The van der Waals surface area contributed by atoms with Crippen molar-refractivity contribution in [2.24, 2.45) is 0 Å². The standard InChI is InChI=1S/C18H21ClN6OS2/c1-3-4-5-6-16-22-23-17(28-16)21-15(26)10-27-18-24-20-11-25(18)13-8-7-12(2)14(19)9-13/h7-9,11H,3-6,10H2,1-2H3,(H,21,23,26). The first kappa shape index (κ1) is 20.8. The molecule has 1 amide bonds. The second-order valence-electron chi connectivity index (χ2n) is 6.21. The summed E-state index contributed by atoms with van der Waals surface area (Å²) < 4.78 is 1.81. The van der Waals surface area contributed by atoms with Gasteiger partial charge in [0, 0.05) is 11.4 Å². The summed E-state index contributed by atoms with van der Waals surface area (Å²) in [5.74, 6) is 0.0426. The van der Waals surface area contributed by atoms with Crippen molar-refractivity contribution in [3.8, 4) is 5.69 Å². The molecule has 0 saturated heterocycles. The molecular formula is C18H21ClN6OS2. The predicted molar refractivity (Wildman–Crippen MR) is 114 cm³/mol. The Morgan fingerprint density at radius 2 is 2.14 bits per heavy atom. The second-order valence-corrected chi connectivity index (χ2v) is 8.62. The monoisotopic (exact) mass is 436 g/mol. The smallest absolute Gasteiger partial charge is 0.236 e. The quantitative estimate of drug-likeness (QED) is 0.391. The van der Waals surface area contributed by atoms with Crippen molar-refractivity contribution in [2.45, 2.75) is 44.7 Å². The van der Waals surface area contributed by atoms with E-state index in [1.807, 2.05) is 25.1 Å². The van der Waals surface area contributed by atoms with Crippen molar-refractivity contribution < 1.29 is 4.79 Å². The van der Waals surface area contributed by atoms with Gasteiger partial charge in [-0.15, -0.1) is 20.4 Å². The summed E-state index contributed by atoms with van der Waals surface area (Å²) in [4.78, 5) is 12.3. The molecule has 0 aliphatic carbocycles. The highest BCUT2D eigenvalue weighted by molar-refractivity contribution is 7.99.